The Kier molecular flexibility index (Phi) is 4.71. The number of ether oxygens (including phenoxy) is 1. The van der Waals surface area contributed by atoms with Gasteiger partial charge in [-0.05, 0) is 24.3 Å². The fraction of sp³-hybridized carbons (Fsp3) is 0.889. The minimum Gasteiger partial charge on any atom is -0.453 e. The Morgan fingerprint density at radius 1 is 1.56 bits per heavy atom. The smallest absolute Gasteiger partial charge is 0.407 e. The summed E-state index contributed by atoms with van der Waals surface area (Å²) in [5.41, 5.74) is 0. The summed E-state index contributed by atoms with van der Waals surface area (Å²) in [5.74, 6) is 1.57. The average Bonchev–Trinajstić information content (AvgIpc) is 2.30. The molecule has 1 saturated heterocycles. The number of hydrogen-bond donors (Lipinski definition) is 2. The van der Waals surface area contributed by atoms with Gasteiger partial charge in [0.2, 0.25) is 7.37 Å². The van der Waals surface area contributed by atoms with Crippen molar-refractivity contribution in [1.29, 1.82) is 0 Å². The lowest BCUT2D eigenvalue weighted by atomic mass is 10.1. The van der Waals surface area contributed by atoms with Crippen LogP contribution in [0.15, 0.2) is 0 Å². The van der Waals surface area contributed by atoms with Crippen molar-refractivity contribution in [3.63, 3.8) is 0 Å². The predicted octanol–water partition coefficient (Wildman–Crippen LogP) is 1.86. The summed E-state index contributed by atoms with van der Waals surface area (Å²) >= 11 is 1.73. The van der Waals surface area contributed by atoms with E-state index in [1.807, 2.05) is 0 Å². The first-order chi connectivity index (χ1) is 7.47. The number of thioether (sulfide) groups is 1. The number of nitrogens with one attached hydrogen (secondary N) is 1. The van der Waals surface area contributed by atoms with Gasteiger partial charge in [0.25, 0.3) is 0 Å². The molecule has 1 amide bonds. The number of carbonyl (C=O) groups excluding carboxylic acids is 1. The van der Waals surface area contributed by atoms with Gasteiger partial charge in [0.05, 0.1) is 7.11 Å². The zero-order valence-electron chi connectivity index (χ0n) is 9.56. The summed E-state index contributed by atoms with van der Waals surface area (Å²) in [6.07, 6.45) is 0.583. The molecule has 94 valence electrons. The van der Waals surface area contributed by atoms with Crippen LogP contribution in [0.25, 0.3) is 0 Å². The van der Waals surface area contributed by atoms with E-state index in [0.717, 1.165) is 11.5 Å². The fourth-order valence-corrected chi connectivity index (χ4v) is 5.10. The quantitative estimate of drug-likeness (QED) is 0.763. The largest absolute Gasteiger partial charge is 0.453 e. The summed E-state index contributed by atoms with van der Waals surface area (Å²) in [6.45, 7) is 1.67. The van der Waals surface area contributed by atoms with E-state index >= 15 is 0 Å². The molecule has 1 aliphatic rings. The number of rotatable bonds is 3. The standard InChI is InChI=1S/C9H18NO4PS/c1-3-15(12,13)9(10-8(11)14-2)4-6-16-7-5-9/h3-7H2,1-2H3,(H,10,11)(H,12,13). The van der Waals surface area contributed by atoms with Gasteiger partial charge in [-0.1, -0.05) is 6.92 Å². The highest BCUT2D eigenvalue weighted by Gasteiger charge is 2.48. The Balaban J connectivity index is 2.92. The highest BCUT2D eigenvalue weighted by Crippen LogP contribution is 2.58. The van der Waals surface area contributed by atoms with Crippen molar-refractivity contribution in [2.75, 3.05) is 24.8 Å². The number of amides is 1. The first-order valence-electron chi connectivity index (χ1n) is 5.23. The molecule has 0 aromatic carbocycles. The van der Waals surface area contributed by atoms with Gasteiger partial charge < -0.3 is 14.9 Å². The van der Waals surface area contributed by atoms with Crippen molar-refractivity contribution in [3.05, 3.63) is 0 Å². The molecule has 0 radical (unpaired) electrons. The van der Waals surface area contributed by atoms with Crippen LogP contribution in [0, 0.1) is 0 Å². The zero-order valence-corrected chi connectivity index (χ0v) is 11.3. The first kappa shape index (κ1) is 13.9. The van der Waals surface area contributed by atoms with Gasteiger partial charge in [-0.3, -0.25) is 4.57 Å². The Bertz CT molecular complexity index is 304. The van der Waals surface area contributed by atoms with Crippen molar-refractivity contribution >= 4 is 25.2 Å². The van der Waals surface area contributed by atoms with Crippen molar-refractivity contribution in [2.45, 2.75) is 25.0 Å². The molecule has 0 saturated carbocycles. The molecule has 1 aliphatic heterocycles. The van der Waals surface area contributed by atoms with Crippen LogP contribution < -0.4 is 5.32 Å². The minimum atomic E-state index is -3.37. The van der Waals surface area contributed by atoms with E-state index in [4.69, 9.17) is 0 Å². The van der Waals surface area contributed by atoms with Gasteiger partial charge in [0.1, 0.15) is 5.28 Å². The van der Waals surface area contributed by atoms with E-state index in [9.17, 15) is 14.3 Å². The van der Waals surface area contributed by atoms with Gasteiger partial charge in [-0.15, -0.1) is 0 Å². The number of hydrogen-bond acceptors (Lipinski definition) is 4. The first-order valence-corrected chi connectivity index (χ1v) is 8.23. The lowest BCUT2D eigenvalue weighted by Gasteiger charge is -2.40. The molecule has 7 heteroatoms. The third kappa shape index (κ3) is 2.73. The third-order valence-corrected chi connectivity index (χ3v) is 6.68. The maximum absolute atomic E-state index is 12.2. The molecule has 2 N–H and O–H groups in total. The molecule has 1 atom stereocenters. The molecule has 0 spiro atoms. The van der Waals surface area contributed by atoms with E-state index in [1.165, 1.54) is 7.11 Å². The molecule has 5 nitrogen and oxygen atoms in total. The van der Waals surface area contributed by atoms with Crippen molar-refractivity contribution in [3.8, 4) is 0 Å². The van der Waals surface area contributed by atoms with Gasteiger partial charge in [-0.2, -0.15) is 11.8 Å². The Morgan fingerprint density at radius 3 is 2.56 bits per heavy atom. The highest BCUT2D eigenvalue weighted by molar-refractivity contribution is 7.99. The Labute approximate surface area is 99.8 Å². The highest BCUT2D eigenvalue weighted by atomic mass is 32.2. The van der Waals surface area contributed by atoms with E-state index < -0.39 is 18.7 Å². The molecule has 0 bridgehead atoms. The zero-order chi connectivity index (χ0) is 12.2. The van der Waals surface area contributed by atoms with Crippen LogP contribution in [0.1, 0.15) is 19.8 Å². The molecular formula is C9H18NO4PS. The second kappa shape index (κ2) is 5.43. The maximum atomic E-state index is 12.2. The lowest BCUT2D eigenvalue weighted by molar-refractivity contribution is 0.160. The molecule has 1 rings (SSSR count). The van der Waals surface area contributed by atoms with Crippen LogP contribution in [0.4, 0.5) is 4.79 Å². The van der Waals surface area contributed by atoms with E-state index in [-0.39, 0.29) is 6.16 Å². The van der Waals surface area contributed by atoms with Gasteiger partial charge in [0.15, 0.2) is 0 Å². The molecular weight excluding hydrogens is 249 g/mol. The molecule has 16 heavy (non-hydrogen) atoms. The molecule has 0 aromatic rings. The Hall–Kier alpha value is -0.190. The van der Waals surface area contributed by atoms with Gasteiger partial charge in [-0.25, -0.2) is 4.79 Å². The van der Waals surface area contributed by atoms with Crippen LogP contribution in [0.2, 0.25) is 0 Å². The fourth-order valence-electron chi connectivity index (χ4n) is 1.81. The van der Waals surface area contributed by atoms with Gasteiger partial charge in [0, 0.05) is 6.16 Å². The van der Waals surface area contributed by atoms with Crippen LogP contribution >= 0.6 is 19.1 Å². The number of carbonyl (C=O) groups is 1. The van der Waals surface area contributed by atoms with E-state index in [1.54, 1.807) is 18.7 Å². The maximum Gasteiger partial charge on any atom is 0.407 e. The van der Waals surface area contributed by atoms with Crippen LogP contribution in [-0.2, 0) is 9.30 Å². The van der Waals surface area contributed by atoms with Crippen LogP contribution in [0.5, 0.6) is 0 Å². The van der Waals surface area contributed by atoms with Crippen molar-refractivity contribution < 1.29 is 19.0 Å². The number of methoxy groups -OCH3 is 1. The second-order valence-electron chi connectivity index (χ2n) is 3.78. The molecule has 1 heterocycles. The van der Waals surface area contributed by atoms with Gasteiger partial charge >= 0.3 is 6.09 Å². The number of alkyl carbamates (subject to hydrolysis) is 1. The summed E-state index contributed by atoms with van der Waals surface area (Å²) in [4.78, 5) is 21.3. The van der Waals surface area contributed by atoms with E-state index in [2.05, 4.69) is 10.1 Å². The summed E-state index contributed by atoms with van der Waals surface area (Å²) in [7, 11) is -2.11. The topological polar surface area (TPSA) is 75.6 Å². The molecule has 1 fully saturated rings. The molecule has 0 aromatic heterocycles. The molecule has 0 aliphatic carbocycles. The minimum absolute atomic E-state index is 0.168. The second-order valence-corrected chi connectivity index (χ2v) is 7.89. The summed E-state index contributed by atoms with van der Waals surface area (Å²) in [5, 5.41) is 1.60. The van der Waals surface area contributed by atoms with E-state index in [0.29, 0.717) is 12.8 Å². The predicted molar refractivity (Wildman–Crippen MR) is 65.2 cm³/mol. The lowest BCUT2D eigenvalue weighted by Crippen LogP contribution is -2.50. The monoisotopic (exact) mass is 267 g/mol. The Morgan fingerprint density at radius 2 is 2.12 bits per heavy atom. The van der Waals surface area contributed by atoms with Crippen molar-refractivity contribution in [2.24, 2.45) is 0 Å². The normalized spacial score (nSPS) is 23.2. The van der Waals surface area contributed by atoms with Crippen LogP contribution in [-0.4, -0.2) is 41.0 Å². The third-order valence-electron chi connectivity index (χ3n) is 2.94. The van der Waals surface area contributed by atoms with Crippen molar-refractivity contribution in [1.82, 2.24) is 5.32 Å². The SMILES string of the molecule is CCP(=O)(O)C1(NC(=O)OC)CCSCC1. The van der Waals surface area contributed by atoms with Crippen LogP contribution in [0.3, 0.4) is 0 Å². The summed E-state index contributed by atoms with van der Waals surface area (Å²) in [6, 6.07) is 0. The average molecular weight is 267 g/mol. The molecule has 1 unspecified atom stereocenters. The summed E-state index contributed by atoms with van der Waals surface area (Å²) < 4.78 is 16.7.